The summed E-state index contributed by atoms with van der Waals surface area (Å²) in [6.45, 7) is 6.98. The highest BCUT2D eigenvalue weighted by molar-refractivity contribution is 5.94. The van der Waals surface area contributed by atoms with Crippen LogP contribution < -0.4 is 4.74 Å². The predicted molar refractivity (Wildman–Crippen MR) is 113 cm³/mol. The zero-order valence-electron chi connectivity index (χ0n) is 18.9. The number of hydrogen-bond donors (Lipinski definition) is 4. The molecule has 6 unspecified atom stereocenters. The lowest BCUT2D eigenvalue weighted by atomic mass is 9.43. The highest BCUT2D eigenvalue weighted by Gasteiger charge is 2.77. The van der Waals surface area contributed by atoms with Gasteiger partial charge in [-0.1, -0.05) is 20.8 Å². The summed E-state index contributed by atoms with van der Waals surface area (Å²) in [5.41, 5.74) is -4.76. The minimum Gasteiger partial charge on any atom is -0.507 e. The van der Waals surface area contributed by atoms with Crippen LogP contribution in [0.15, 0.2) is 23.8 Å². The molecule has 6 atom stereocenters. The minimum atomic E-state index is -1.88. The van der Waals surface area contributed by atoms with Crippen LogP contribution in [0.3, 0.4) is 0 Å². The van der Waals surface area contributed by atoms with E-state index in [-0.39, 0.29) is 29.7 Å². The van der Waals surface area contributed by atoms with Crippen molar-refractivity contribution in [2.45, 2.75) is 63.9 Å². The number of methoxy groups -OCH3 is 1. The smallest absolute Gasteiger partial charge is 0.342 e. The largest absolute Gasteiger partial charge is 0.507 e. The van der Waals surface area contributed by atoms with Gasteiger partial charge in [-0.3, -0.25) is 4.79 Å². The average molecular weight is 446 g/mol. The Morgan fingerprint density at radius 3 is 2.44 bits per heavy atom. The molecule has 32 heavy (non-hydrogen) atoms. The number of aromatic hydroxyl groups is 1. The topological polar surface area (TPSA) is 134 Å². The van der Waals surface area contributed by atoms with Crippen molar-refractivity contribution in [1.82, 2.24) is 0 Å². The number of benzene rings is 1. The Hall–Kier alpha value is -2.42. The van der Waals surface area contributed by atoms with Gasteiger partial charge in [0, 0.05) is 23.0 Å². The fourth-order valence-electron chi connectivity index (χ4n) is 6.45. The monoisotopic (exact) mass is 446 g/mol. The number of phenols is 1. The number of rotatable bonds is 4. The predicted octanol–water partition coefficient (Wildman–Crippen LogP) is 1.65. The highest BCUT2D eigenvalue weighted by Crippen LogP contribution is 2.69. The van der Waals surface area contributed by atoms with Crippen molar-refractivity contribution >= 4 is 12.3 Å². The summed E-state index contributed by atoms with van der Waals surface area (Å²) >= 11 is 0. The van der Waals surface area contributed by atoms with E-state index in [1.165, 1.54) is 19.3 Å². The van der Waals surface area contributed by atoms with Crippen LogP contribution in [0.25, 0.3) is 0 Å². The molecule has 0 aromatic heterocycles. The molecule has 3 aliphatic carbocycles. The molecule has 174 valence electrons. The number of aryl methyl sites for hydroxylation is 1. The Morgan fingerprint density at radius 1 is 1.22 bits per heavy atom. The molecule has 4 rings (SSSR count). The summed E-state index contributed by atoms with van der Waals surface area (Å²) in [6, 6.07) is 2.86. The number of ether oxygens (including phenoxy) is 2. The summed E-state index contributed by atoms with van der Waals surface area (Å²) in [4.78, 5) is 24.9. The summed E-state index contributed by atoms with van der Waals surface area (Å²) in [6.07, 6.45) is 0.144. The quantitative estimate of drug-likeness (QED) is 0.405. The van der Waals surface area contributed by atoms with Gasteiger partial charge < -0.3 is 29.9 Å². The van der Waals surface area contributed by atoms with Gasteiger partial charge in [0.15, 0.2) is 0 Å². The molecule has 2 fully saturated rings. The van der Waals surface area contributed by atoms with Gasteiger partial charge in [-0.05, 0) is 42.9 Å². The van der Waals surface area contributed by atoms with E-state index < -0.39 is 46.1 Å². The molecular formula is C24H30O8. The van der Waals surface area contributed by atoms with Gasteiger partial charge in [-0.15, -0.1) is 0 Å². The third-order valence-corrected chi connectivity index (χ3v) is 7.98. The molecule has 0 saturated heterocycles. The van der Waals surface area contributed by atoms with Crippen molar-refractivity contribution < 1.29 is 39.5 Å². The van der Waals surface area contributed by atoms with Crippen molar-refractivity contribution in [1.29, 1.82) is 0 Å². The molecule has 3 aliphatic rings. The van der Waals surface area contributed by atoms with Crippen molar-refractivity contribution in [3.05, 3.63) is 34.9 Å². The first-order valence-corrected chi connectivity index (χ1v) is 10.6. The van der Waals surface area contributed by atoms with Gasteiger partial charge in [0.1, 0.15) is 35.1 Å². The second-order valence-electron chi connectivity index (χ2n) is 10.4. The van der Waals surface area contributed by atoms with Crippen LogP contribution in [0, 0.1) is 23.7 Å². The van der Waals surface area contributed by atoms with Crippen LogP contribution in [0.4, 0.5) is 0 Å². The molecule has 0 bridgehead atoms. The van der Waals surface area contributed by atoms with Crippen LogP contribution in [0.1, 0.15) is 49.5 Å². The number of carbonyl (C=O) groups excluding carboxylic acids is 2. The first-order chi connectivity index (χ1) is 14.7. The average Bonchev–Trinajstić information content (AvgIpc) is 2.88. The Balaban J connectivity index is 1.70. The normalized spacial score (nSPS) is 39.2. The molecule has 8 nitrogen and oxygen atoms in total. The number of esters is 1. The number of hydrogen-bond acceptors (Lipinski definition) is 8. The Kier molecular flexibility index (Phi) is 4.83. The Labute approximate surface area is 186 Å². The fraction of sp³-hybridized carbons (Fsp3) is 0.583. The maximum absolute atomic E-state index is 12.9. The zero-order valence-corrected chi connectivity index (χ0v) is 18.9. The van der Waals surface area contributed by atoms with Gasteiger partial charge in [-0.2, -0.15) is 0 Å². The van der Waals surface area contributed by atoms with Crippen LogP contribution in [-0.4, -0.2) is 63.2 Å². The lowest BCUT2D eigenvalue weighted by Crippen LogP contribution is -2.76. The SMILES string of the molecule is COc1cc(C)c(C(=O)OC2CC3(C)C4C(O)C(C)(C)CC4(O)C=C(C=O)C23O)c(O)c1. The number of carbonyl (C=O) groups is 2. The molecule has 1 aromatic carbocycles. The van der Waals surface area contributed by atoms with Gasteiger partial charge in [0.25, 0.3) is 0 Å². The minimum absolute atomic E-state index is 0.0611. The van der Waals surface area contributed by atoms with E-state index in [9.17, 15) is 30.0 Å². The van der Waals surface area contributed by atoms with E-state index in [0.29, 0.717) is 17.6 Å². The Bertz CT molecular complexity index is 1010. The number of phenolic OH excluding ortho intramolecular Hbond substituents is 1. The van der Waals surface area contributed by atoms with Crippen molar-refractivity contribution in [3.63, 3.8) is 0 Å². The lowest BCUT2D eigenvalue weighted by Gasteiger charge is -2.66. The summed E-state index contributed by atoms with van der Waals surface area (Å²) in [5, 5.41) is 44.3. The molecular weight excluding hydrogens is 416 g/mol. The summed E-state index contributed by atoms with van der Waals surface area (Å²) in [7, 11) is 1.44. The molecule has 0 aliphatic heterocycles. The van der Waals surface area contributed by atoms with E-state index in [1.54, 1.807) is 19.9 Å². The summed E-state index contributed by atoms with van der Waals surface area (Å²) < 4.78 is 10.7. The third-order valence-electron chi connectivity index (χ3n) is 7.98. The first-order valence-electron chi connectivity index (χ1n) is 10.6. The van der Waals surface area contributed by atoms with Gasteiger partial charge >= 0.3 is 5.97 Å². The number of aliphatic hydroxyl groups is 3. The molecule has 0 heterocycles. The van der Waals surface area contributed by atoms with Crippen LogP contribution in [0.5, 0.6) is 11.5 Å². The maximum atomic E-state index is 12.9. The van der Waals surface area contributed by atoms with Crippen molar-refractivity contribution in [3.8, 4) is 11.5 Å². The second kappa shape index (κ2) is 6.79. The van der Waals surface area contributed by atoms with Gasteiger partial charge in [0.05, 0.1) is 18.8 Å². The fourth-order valence-corrected chi connectivity index (χ4v) is 6.45. The summed E-state index contributed by atoms with van der Waals surface area (Å²) in [5.74, 6) is -1.54. The molecule has 8 heteroatoms. The van der Waals surface area contributed by atoms with E-state index in [4.69, 9.17) is 9.47 Å². The number of fused-ring (bicyclic) bond motifs is 3. The van der Waals surface area contributed by atoms with Crippen molar-refractivity contribution in [2.75, 3.05) is 7.11 Å². The van der Waals surface area contributed by atoms with Crippen molar-refractivity contribution in [2.24, 2.45) is 16.7 Å². The van der Waals surface area contributed by atoms with E-state index in [2.05, 4.69) is 0 Å². The van der Waals surface area contributed by atoms with E-state index in [0.717, 1.165) is 0 Å². The van der Waals surface area contributed by atoms with Crippen LogP contribution in [0.2, 0.25) is 0 Å². The van der Waals surface area contributed by atoms with Gasteiger partial charge in [0.2, 0.25) is 0 Å². The Morgan fingerprint density at radius 2 is 1.88 bits per heavy atom. The number of aldehydes is 1. The molecule has 0 amide bonds. The second-order valence-corrected chi connectivity index (χ2v) is 10.4. The maximum Gasteiger partial charge on any atom is 0.342 e. The van der Waals surface area contributed by atoms with Gasteiger partial charge in [-0.25, -0.2) is 4.79 Å². The molecule has 1 aromatic rings. The molecule has 2 saturated carbocycles. The lowest BCUT2D eigenvalue weighted by molar-refractivity contribution is -0.272. The van der Waals surface area contributed by atoms with E-state index in [1.807, 2.05) is 13.8 Å². The first kappa shape index (κ1) is 22.8. The third kappa shape index (κ3) is 2.72. The van der Waals surface area contributed by atoms with E-state index >= 15 is 0 Å². The number of aliphatic hydroxyl groups excluding tert-OH is 1. The zero-order chi connectivity index (χ0) is 23.9. The standard InChI is InChI=1S/C24H30O8/c1-12-6-14(31-5)7-15(26)17(12)20(28)32-16-9-22(4)18-19(27)21(2,3)11-23(18,29)8-13(10-25)24(16,22)30/h6-8,10,16,18-19,26-27,29-30H,9,11H2,1-5H3. The molecule has 0 spiro atoms. The highest BCUT2D eigenvalue weighted by atomic mass is 16.6. The molecule has 0 radical (unpaired) electrons. The van der Waals surface area contributed by atoms with Crippen LogP contribution in [-0.2, 0) is 9.53 Å². The van der Waals surface area contributed by atoms with Crippen LogP contribution >= 0.6 is 0 Å². The molecule has 4 N–H and O–H groups in total.